The van der Waals surface area contributed by atoms with Crippen LogP contribution >= 0.6 is 0 Å². The summed E-state index contributed by atoms with van der Waals surface area (Å²) in [4.78, 5) is 10.2. The summed E-state index contributed by atoms with van der Waals surface area (Å²) in [6.45, 7) is 3.34. The van der Waals surface area contributed by atoms with Crippen LogP contribution in [0.15, 0.2) is 35.2 Å². The minimum absolute atomic E-state index is 0.107. The van der Waals surface area contributed by atoms with E-state index >= 15 is 0 Å². The molecule has 2 saturated heterocycles. The maximum atomic E-state index is 12.8. The molecule has 0 radical (unpaired) electrons. The zero-order chi connectivity index (χ0) is 15.7. The van der Waals surface area contributed by atoms with Crippen molar-refractivity contribution in [1.82, 2.24) is 14.9 Å². The standard InChI is InChI=1S/C16H19FN4O2/c17-12-7-18-15(19-8-12)20-13-6-16(23-10-13)3-4-21(11-16)9-14-2-1-5-22-14/h1-2,5,7-8,13H,3-4,6,9-11H2,(H,18,19,20)/t13-,16-/m1/s1. The smallest absolute Gasteiger partial charge is 0.223 e. The van der Waals surface area contributed by atoms with E-state index in [1.54, 1.807) is 6.26 Å². The van der Waals surface area contributed by atoms with E-state index < -0.39 is 5.82 Å². The second kappa shape index (κ2) is 5.90. The molecular weight excluding hydrogens is 299 g/mol. The normalized spacial score (nSPS) is 27.8. The van der Waals surface area contributed by atoms with Crippen LogP contribution in [0.2, 0.25) is 0 Å². The molecule has 4 rings (SSSR count). The Morgan fingerprint density at radius 3 is 3.04 bits per heavy atom. The van der Waals surface area contributed by atoms with Crippen LogP contribution in [0.1, 0.15) is 18.6 Å². The van der Waals surface area contributed by atoms with Gasteiger partial charge in [-0.2, -0.15) is 0 Å². The highest BCUT2D eigenvalue weighted by molar-refractivity contribution is 5.26. The maximum absolute atomic E-state index is 12.8. The van der Waals surface area contributed by atoms with Crippen molar-refractivity contribution < 1.29 is 13.5 Å². The van der Waals surface area contributed by atoms with Gasteiger partial charge in [0, 0.05) is 19.5 Å². The Bertz CT molecular complexity index is 649. The quantitative estimate of drug-likeness (QED) is 0.931. The molecule has 4 heterocycles. The zero-order valence-corrected chi connectivity index (χ0v) is 12.7. The van der Waals surface area contributed by atoms with Gasteiger partial charge in [0.05, 0.1) is 43.5 Å². The average Bonchev–Trinajstić information content (AvgIpc) is 3.26. The molecule has 2 aromatic heterocycles. The number of furan rings is 1. The summed E-state index contributed by atoms with van der Waals surface area (Å²) in [7, 11) is 0. The molecule has 23 heavy (non-hydrogen) atoms. The highest BCUT2D eigenvalue weighted by atomic mass is 19.1. The van der Waals surface area contributed by atoms with Gasteiger partial charge in [-0.3, -0.25) is 4.90 Å². The predicted octanol–water partition coefficient (Wildman–Crippen LogP) is 2.05. The molecule has 2 fully saturated rings. The largest absolute Gasteiger partial charge is 0.468 e. The number of nitrogens with one attached hydrogen (secondary N) is 1. The van der Waals surface area contributed by atoms with Crippen molar-refractivity contribution >= 4 is 5.95 Å². The summed E-state index contributed by atoms with van der Waals surface area (Å²) < 4.78 is 24.4. The molecule has 1 N–H and O–H groups in total. The Labute approximate surface area is 133 Å². The van der Waals surface area contributed by atoms with Crippen molar-refractivity contribution in [3.05, 3.63) is 42.4 Å². The van der Waals surface area contributed by atoms with Gasteiger partial charge in [-0.1, -0.05) is 0 Å². The van der Waals surface area contributed by atoms with Gasteiger partial charge in [0.25, 0.3) is 0 Å². The first-order valence-corrected chi connectivity index (χ1v) is 7.84. The van der Waals surface area contributed by atoms with E-state index in [0.717, 1.165) is 38.2 Å². The van der Waals surface area contributed by atoms with E-state index in [4.69, 9.17) is 9.15 Å². The van der Waals surface area contributed by atoms with E-state index in [9.17, 15) is 4.39 Å². The van der Waals surface area contributed by atoms with Gasteiger partial charge in [-0.15, -0.1) is 0 Å². The highest BCUT2D eigenvalue weighted by Crippen LogP contribution is 2.36. The summed E-state index contributed by atoms with van der Waals surface area (Å²) in [6, 6.07) is 4.07. The van der Waals surface area contributed by atoms with Gasteiger partial charge >= 0.3 is 0 Å². The number of nitrogens with zero attached hydrogens (tertiary/aromatic N) is 3. The van der Waals surface area contributed by atoms with Crippen molar-refractivity contribution in [2.45, 2.75) is 31.0 Å². The lowest BCUT2D eigenvalue weighted by molar-refractivity contribution is 0.0115. The fourth-order valence-corrected chi connectivity index (χ4v) is 3.48. The molecule has 2 aliphatic rings. The fourth-order valence-electron chi connectivity index (χ4n) is 3.48. The van der Waals surface area contributed by atoms with Crippen LogP contribution < -0.4 is 5.32 Å². The summed E-state index contributed by atoms with van der Waals surface area (Å²) in [6.07, 6.45) is 5.96. The lowest BCUT2D eigenvalue weighted by Gasteiger charge is -2.23. The van der Waals surface area contributed by atoms with Gasteiger partial charge in [0.15, 0.2) is 5.82 Å². The van der Waals surface area contributed by atoms with Gasteiger partial charge < -0.3 is 14.5 Å². The van der Waals surface area contributed by atoms with Crippen molar-refractivity contribution in [3.8, 4) is 0 Å². The third kappa shape index (κ3) is 3.20. The maximum Gasteiger partial charge on any atom is 0.223 e. The van der Waals surface area contributed by atoms with Crippen LogP contribution in [0.4, 0.5) is 10.3 Å². The third-order valence-corrected chi connectivity index (χ3v) is 4.52. The van der Waals surface area contributed by atoms with Gasteiger partial charge in [0.1, 0.15) is 5.76 Å². The van der Waals surface area contributed by atoms with Crippen molar-refractivity contribution in [2.24, 2.45) is 0 Å². The molecule has 0 bridgehead atoms. The number of hydrogen-bond donors (Lipinski definition) is 1. The van der Waals surface area contributed by atoms with E-state index in [-0.39, 0.29) is 11.6 Å². The van der Waals surface area contributed by atoms with E-state index in [1.165, 1.54) is 12.4 Å². The van der Waals surface area contributed by atoms with Gasteiger partial charge in [-0.05, 0) is 18.6 Å². The molecular formula is C16H19FN4O2. The average molecular weight is 318 g/mol. The minimum Gasteiger partial charge on any atom is -0.468 e. The number of hydrogen-bond acceptors (Lipinski definition) is 6. The second-order valence-corrected chi connectivity index (χ2v) is 6.30. The number of rotatable bonds is 4. The topological polar surface area (TPSA) is 63.4 Å². The molecule has 2 aliphatic heterocycles. The Balaban J connectivity index is 1.33. The molecule has 0 aliphatic carbocycles. The summed E-state index contributed by atoms with van der Waals surface area (Å²) in [5.41, 5.74) is -0.107. The van der Waals surface area contributed by atoms with Crippen LogP contribution in [0.3, 0.4) is 0 Å². The number of ether oxygens (including phenoxy) is 1. The van der Waals surface area contributed by atoms with E-state index in [1.807, 2.05) is 12.1 Å². The minimum atomic E-state index is -0.431. The first kappa shape index (κ1) is 14.6. The lowest BCUT2D eigenvalue weighted by Crippen LogP contribution is -2.33. The second-order valence-electron chi connectivity index (χ2n) is 6.30. The van der Waals surface area contributed by atoms with Crippen LogP contribution in [0.5, 0.6) is 0 Å². The molecule has 2 aromatic rings. The van der Waals surface area contributed by atoms with Gasteiger partial charge in [0.2, 0.25) is 5.95 Å². The molecule has 2 atom stereocenters. The Kier molecular flexibility index (Phi) is 3.74. The monoisotopic (exact) mass is 318 g/mol. The van der Waals surface area contributed by atoms with Crippen LogP contribution in [0.25, 0.3) is 0 Å². The molecule has 1 spiro atoms. The molecule has 122 valence electrons. The summed E-state index contributed by atoms with van der Waals surface area (Å²) >= 11 is 0. The Hall–Kier alpha value is -1.99. The van der Waals surface area contributed by atoms with E-state index in [0.29, 0.717) is 12.6 Å². The van der Waals surface area contributed by atoms with Crippen molar-refractivity contribution in [1.29, 1.82) is 0 Å². The number of anilines is 1. The van der Waals surface area contributed by atoms with Gasteiger partial charge in [-0.25, -0.2) is 14.4 Å². The molecule has 7 heteroatoms. The Morgan fingerprint density at radius 2 is 2.26 bits per heavy atom. The predicted molar refractivity (Wildman–Crippen MR) is 81.3 cm³/mol. The molecule has 0 unspecified atom stereocenters. The molecule has 0 aromatic carbocycles. The van der Waals surface area contributed by atoms with Crippen LogP contribution in [0, 0.1) is 5.82 Å². The van der Waals surface area contributed by atoms with Crippen molar-refractivity contribution in [3.63, 3.8) is 0 Å². The van der Waals surface area contributed by atoms with Crippen molar-refractivity contribution in [2.75, 3.05) is 25.0 Å². The molecule has 0 saturated carbocycles. The first-order chi connectivity index (χ1) is 11.2. The number of aromatic nitrogens is 2. The number of likely N-dealkylation sites (tertiary alicyclic amines) is 1. The first-order valence-electron chi connectivity index (χ1n) is 7.84. The molecule has 0 amide bonds. The third-order valence-electron chi connectivity index (χ3n) is 4.52. The summed E-state index contributed by atoms with van der Waals surface area (Å²) in [5, 5.41) is 3.23. The highest BCUT2D eigenvalue weighted by Gasteiger charge is 2.45. The van der Waals surface area contributed by atoms with Crippen LogP contribution in [-0.2, 0) is 11.3 Å². The SMILES string of the molecule is Fc1cnc(N[C@H]2CO[C@]3(CCN(Cc4ccco4)C3)C2)nc1. The van der Waals surface area contributed by atoms with Crippen LogP contribution in [-0.4, -0.2) is 46.2 Å². The summed E-state index contributed by atoms with van der Waals surface area (Å²) in [5.74, 6) is 0.996. The van der Waals surface area contributed by atoms with E-state index in [2.05, 4.69) is 20.2 Å². The zero-order valence-electron chi connectivity index (χ0n) is 12.7. The number of halogens is 1. The Morgan fingerprint density at radius 1 is 1.39 bits per heavy atom. The fraction of sp³-hybridized carbons (Fsp3) is 0.500. The molecule has 6 nitrogen and oxygen atoms in total. The lowest BCUT2D eigenvalue weighted by atomic mass is 9.97.